The highest BCUT2D eigenvalue weighted by molar-refractivity contribution is 5.64. The Balaban J connectivity index is 0.000000568. The molecule has 0 unspecified atom stereocenters. The van der Waals surface area contributed by atoms with Crippen molar-refractivity contribution in [2.45, 2.75) is 19.3 Å². The van der Waals surface area contributed by atoms with E-state index in [1.807, 2.05) is 0 Å². The van der Waals surface area contributed by atoms with Crippen molar-refractivity contribution >= 4 is 5.97 Å². The van der Waals surface area contributed by atoms with Gasteiger partial charge in [-0.3, -0.25) is 0 Å². The molecule has 138 valence electrons. The summed E-state index contributed by atoms with van der Waals surface area (Å²) in [4.78, 5) is 10.0. The van der Waals surface area contributed by atoms with Crippen LogP contribution in [0.15, 0.2) is 0 Å². The first-order chi connectivity index (χ1) is 11.0. The number of hydrogen-bond acceptors (Lipinski definition) is 6. The largest absolute Gasteiger partial charge is 0.550 e. The molecule has 1 saturated heterocycles. The van der Waals surface area contributed by atoms with Crippen LogP contribution in [0.25, 0.3) is 0 Å². The molecular formula is C16H33NO6. The number of likely N-dealkylation sites (tertiary alicyclic amines) is 1. The van der Waals surface area contributed by atoms with Gasteiger partial charge in [-0.25, -0.2) is 0 Å². The van der Waals surface area contributed by atoms with Crippen molar-refractivity contribution in [3.63, 3.8) is 0 Å². The smallest absolute Gasteiger partial charge is 0.0784 e. The molecule has 0 radical (unpaired) electrons. The number of nitrogens with zero attached hydrogens (tertiary/aromatic N) is 1. The number of carboxylic acid groups (broad SMARTS) is 1. The van der Waals surface area contributed by atoms with Crippen LogP contribution < -0.4 is 5.11 Å². The second-order valence-corrected chi connectivity index (χ2v) is 6.04. The number of ether oxygens (including phenoxy) is 4. The Morgan fingerprint density at radius 1 is 0.870 bits per heavy atom. The summed E-state index contributed by atoms with van der Waals surface area (Å²) in [6.07, 6.45) is 2.79. The molecule has 0 spiro atoms. The van der Waals surface area contributed by atoms with Crippen LogP contribution in [-0.4, -0.2) is 91.0 Å². The van der Waals surface area contributed by atoms with Crippen molar-refractivity contribution in [2.75, 3.05) is 80.5 Å². The lowest BCUT2D eigenvalue weighted by Gasteiger charge is -2.21. The van der Waals surface area contributed by atoms with Gasteiger partial charge in [0.05, 0.1) is 73.4 Å². The standard InChI is InChI=1S/C10H20O6.C6H14N/c1-13-4-5-15-8-9-16-7-6-14-3-2-10(11)12;1-7(2)5-3-4-6-7/h2-9H2,1H3,(H,11,12);3-6H2,1-2H3/q;+1/p-1. The van der Waals surface area contributed by atoms with E-state index in [4.69, 9.17) is 18.9 Å². The first-order valence-electron chi connectivity index (χ1n) is 8.22. The summed E-state index contributed by atoms with van der Waals surface area (Å²) in [5.41, 5.74) is 0. The molecule has 0 aromatic rings. The van der Waals surface area contributed by atoms with Gasteiger partial charge in [0.2, 0.25) is 0 Å². The van der Waals surface area contributed by atoms with Gasteiger partial charge in [-0.15, -0.1) is 0 Å². The average molecular weight is 335 g/mol. The Bertz CT molecular complexity index is 278. The molecule has 0 bridgehead atoms. The van der Waals surface area contributed by atoms with E-state index in [0.717, 1.165) is 0 Å². The predicted molar refractivity (Wildman–Crippen MR) is 85.0 cm³/mol. The second kappa shape index (κ2) is 14.8. The summed E-state index contributed by atoms with van der Waals surface area (Å²) in [5.74, 6) is -1.10. The molecule has 1 aliphatic heterocycles. The molecule has 23 heavy (non-hydrogen) atoms. The topological polar surface area (TPSA) is 77.0 Å². The highest BCUT2D eigenvalue weighted by atomic mass is 16.6. The van der Waals surface area contributed by atoms with Crippen LogP contribution in [-0.2, 0) is 23.7 Å². The normalized spacial score (nSPS) is 16.0. The molecule has 7 heteroatoms. The fourth-order valence-corrected chi connectivity index (χ4v) is 2.03. The Hall–Kier alpha value is -0.730. The number of hydrogen-bond donors (Lipinski definition) is 0. The Kier molecular flexibility index (Phi) is 14.4. The van der Waals surface area contributed by atoms with Crippen LogP contribution in [0.4, 0.5) is 0 Å². The van der Waals surface area contributed by atoms with E-state index >= 15 is 0 Å². The minimum absolute atomic E-state index is 0.0832. The quantitative estimate of drug-likeness (QED) is 0.359. The minimum Gasteiger partial charge on any atom is -0.550 e. The number of rotatable bonds is 12. The lowest BCUT2D eigenvalue weighted by atomic mass is 10.4. The number of quaternary nitrogens is 1. The SMILES string of the molecule is COCCOCCOCCOCCC(=O)[O-].C[N+]1(C)CCCC1. The third-order valence-electron chi connectivity index (χ3n) is 3.40. The zero-order chi connectivity index (χ0) is 17.4. The van der Waals surface area contributed by atoms with Crippen LogP contribution >= 0.6 is 0 Å². The summed E-state index contributed by atoms with van der Waals surface area (Å²) in [6, 6.07) is 0. The van der Waals surface area contributed by atoms with E-state index < -0.39 is 5.97 Å². The third-order valence-corrected chi connectivity index (χ3v) is 3.40. The van der Waals surface area contributed by atoms with Crippen LogP contribution in [0.3, 0.4) is 0 Å². The van der Waals surface area contributed by atoms with Gasteiger partial charge in [0.25, 0.3) is 0 Å². The fourth-order valence-electron chi connectivity index (χ4n) is 2.03. The maximum atomic E-state index is 10.0. The Morgan fingerprint density at radius 3 is 1.65 bits per heavy atom. The molecule has 0 aromatic heterocycles. The summed E-state index contributed by atoms with van der Waals surface area (Å²) >= 11 is 0. The third kappa shape index (κ3) is 17.5. The summed E-state index contributed by atoms with van der Waals surface area (Å²) in [6.45, 7) is 5.90. The van der Waals surface area contributed by atoms with Crippen molar-refractivity contribution in [1.29, 1.82) is 0 Å². The van der Waals surface area contributed by atoms with E-state index in [2.05, 4.69) is 14.1 Å². The fraction of sp³-hybridized carbons (Fsp3) is 0.938. The number of carbonyl (C=O) groups is 1. The van der Waals surface area contributed by atoms with Gasteiger partial charge in [-0.1, -0.05) is 0 Å². The van der Waals surface area contributed by atoms with Gasteiger partial charge < -0.3 is 33.3 Å². The Labute approximate surface area is 140 Å². The molecule has 0 amide bonds. The summed E-state index contributed by atoms with van der Waals surface area (Å²) in [7, 11) is 6.21. The highest BCUT2D eigenvalue weighted by Crippen LogP contribution is 2.11. The van der Waals surface area contributed by atoms with Crippen LogP contribution in [0.2, 0.25) is 0 Å². The molecule has 0 saturated carbocycles. The number of methoxy groups -OCH3 is 1. The van der Waals surface area contributed by atoms with E-state index in [1.165, 1.54) is 30.4 Å². The zero-order valence-electron chi connectivity index (χ0n) is 14.9. The van der Waals surface area contributed by atoms with E-state index in [9.17, 15) is 9.90 Å². The summed E-state index contributed by atoms with van der Waals surface area (Å²) in [5, 5.41) is 10.0. The lowest BCUT2D eigenvalue weighted by molar-refractivity contribution is -0.877. The molecule has 1 heterocycles. The average Bonchev–Trinajstić information content (AvgIpc) is 2.89. The van der Waals surface area contributed by atoms with Gasteiger partial charge in [0, 0.05) is 32.3 Å². The van der Waals surface area contributed by atoms with Gasteiger partial charge in [-0.2, -0.15) is 0 Å². The van der Waals surface area contributed by atoms with E-state index in [-0.39, 0.29) is 13.0 Å². The predicted octanol–water partition coefficient (Wildman–Crippen LogP) is -0.321. The highest BCUT2D eigenvalue weighted by Gasteiger charge is 2.19. The monoisotopic (exact) mass is 335 g/mol. The molecule has 0 aliphatic carbocycles. The second-order valence-electron chi connectivity index (χ2n) is 6.04. The van der Waals surface area contributed by atoms with Crippen LogP contribution in [0, 0.1) is 0 Å². The number of aliphatic carboxylic acids is 1. The summed E-state index contributed by atoms with van der Waals surface area (Å²) < 4.78 is 21.4. The van der Waals surface area contributed by atoms with Crippen molar-refractivity contribution in [3.05, 3.63) is 0 Å². The van der Waals surface area contributed by atoms with Crippen molar-refractivity contribution in [2.24, 2.45) is 0 Å². The molecule has 0 N–H and O–H groups in total. The van der Waals surface area contributed by atoms with Gasteiger partial charge in [0.1, 0.15) is 0 Å². The van der Waals surface area contributed by atoms with E-state index in [1.54, 1.807) is 7.11 Å². The minimum atomic E-state index is -1.10. The number of carbonyl (C=O) groups excluding carboxylic acids is 1. The lowest BCUT2D eigenvalue weighted by Crippen LogP contribution is -2.35. The van der Waals surface area contributed by atoms with Crippen molar-refractivity contribution < 1.29 is 33.3 Å². The first kappa shape index (κ1) is 22.3. The molecule has 1 fully saturated rings. The van der Waals surface area contributed by atoms with Gasteiger partial charge in [0.15, 0.2) is 0 Å². The maximum absolute atomic E-state index is 10.0. The molecule has 0 atom stereocenters. The van der Waals surface area contributed by atoms with Crippen LogP contribution in [0.1, 0.15) is 19.3 Å². The van der Waals surface area contributed by atoms with Crippen molar-refractivity contribution in [3.8, 4) is 0 Å². The number of carboxylic acids is 1. The van der Waals surface area contributed by atoms with Gasteiger partial charge in [-0.05, 0) is 0 Å². The van der Waals surface area contributed by atoms with E-state index in [0.29, 0.717) is 39.6 Å². The first-order valence-corrected chi connectivity index (χ1v) is 8.22. The Morgan fingerprint density at radius 2 is 1.30 bits per heavy atom. The van der Waals surface area contributed by atoms with Crippen molar-refractivity contribution in [1.82, 2.24) is 0 Å². The molecule has 1 aliphatic rings. The molecular weight excluding hydrogens is 302 g/mol. The van der Waals surface area contributed by atoms with Gasteiger partial charge >= 0.3 is 0 Å². The molecule has 1 rings (SSSR count). The molecule has 0 aromatic carbocycles. The maximum Gasteiger partial charge on any atom is 0.0784 e. The molecule has 7 nitrogen and oxygen atoms in total. The van der Waals surface area contributed by atoms with Crippen LogP contribution in [0.5, 0.6) is 0 Å². The zero-order valence-corrected chi connectivity index (χ0v) is 14.9.